The summed E-state index contributed by atoms with van der Waals surface area (Å²) >= 11 is 0. The van der Waals surface area contributed by atoms with Gasteiger partial charge in [-0.25, -0.2) is 0 Å². The number of hydrogen-bond acceptors (Lipinski definition) is 3. The third-order valence-corrected chi connectivity index (χ3v) is 4.93. The van der Waals surface area contributed by atoms with Crippen molar-refractivity contribution in [2.75, 3.05) is 0 Å². The molecule has 112 valence electrons. The summed E-state index contributed by atoms with van der Waals surface area (Å²) in [6, 6.07) is 10.3. The fourth-order valence-corrected chi connectivity index (χ4v) is 2.93. The van der Waals surface area contributed by atoms with E-state index in [1.165, 1.54) is 5.39 Å². The summed E-state index contributed by atoms with van der Waals surface area (Å²) in [4.78, 5) is 7.99. The average Bonchev–Trinajstić information content (AvgIpc) is 2.93. The van der Waals surface area contributed by atoms with Gasteiger partial charge in [-0.2, -0.15) is 0 Å². The van der Waals surface area contributed by atoms with Crippen LogP contribution in [0.5, 0.6) is 0 Å². The Morgan fingerprint density at radius 1 is 0.955 bits per heavy atom. The van der Waals surface area contributed by atoms with Gasteiger partial charge in [-0.1, -0.05) is 18.2 Å². The van der Waals surface area contributed by atoms with E-state index in [1.807, 2.05) is 24.4 Å². The van der Waals surface area contributed by atoms with Gasteiger partial charge in [0.15, 0.2) is 0 Å². The molecule has 2 aromatic heterocycles. The molecule has 0 spiro atoms. The predicted molar refractivity (Wildman–Crippen MR) is 89.3 cm³/mol. The second-order valence-corrected chi connectivity index (χ2v) is 6.88. The Morgan fingerprint density at radius 2 is 1.64 bits per heavy atom. The topological polar surface area (TPSA) is 47.1 Å². The number of nitrogens with one attached hydrogen (secondary N) is 1. The fraction of sp³-hybridized carbons (Fsp3) is 0.353. The molecule has 1 N–H and O–H groups in total. The number of rotatable bonds is 1. The Bertz CT molecular complexity index is 853. The van der Waals surface area contributed by atoms with Crippen molar-refractivity contribution in [1.29, 1.82) is 0 Å². The van der Waals surface area contributed by atoms with Crippen molar-refractivity contribution in [1.82, 2.24) is 9.97 Å². The van der Waals surface area contributed by atoms with Crippen LogP contribution in [0.3, 0.4) is 0 Å². The molecule has 1 aliphatic rings. The zero-order valence-electron chi connectivity index (χ0n) is 13.3. The molecule has 22 heavy (non-hydrogen) atoms. The van der Waals surface area contributed by atoms with Crippen LogP contribution in [0.25, 0.3) is 21.8 Å². The first-order valence-electron chi connectivity index (χ1n) is 7.60. The highest BCUT2D eigenvalue weighted by atomic mass is 16.7. The molecule has 1 saturated heterocycles. The first kappa shape index (κ1) is 13.8. The Kier molecular flexibility index (Phi) is 2.72. The van der Waals surface area contributed by atoms with Crippen molar-refractivity contribution in [3.05, 3.63) is 36.5 Å². The van der Waals surface area contributed by atoms with Gasteiger partial charge in [0.25, 0.3) is 0 Å². The molecule has 1 aromatic carbocycles. The minimum absolute atomic E-state index is 0.368. The maximum Gasteiger partial charge on any atom is 0.516 e. The molecule has 0 atom stereocenters. The number of nitrogens with zero attached hydrogens (tertiary/aromatic N) is 1. The first-order chi connectivity index (χ1) is 10.4. The molecule has 4 nitrogen and oxygen atoms in total. The van der Waals surface area contributed by atoms with Gasteiger partial charge in [0.1, 0.15) is 0 Å². The number of pyridine rings is 1. The lowest BCUT2D eigenvalue weighted by Gasteiger charge is -2.32. The second kappa shape index (κ2) is 4.34. The molecule has 0 radical (unpaired) electrons. The van der Waals surface area contributed by atoms with Gasteiger partial charge >= 0.3 is 7.12 Å². The predicted octanol–water partition coefficient (Wildman–Crippen LogP) is 3.02. The summed E-state index contributed by atoms with van der Waals surface area (Å²) < 4.78 is 12.3. The number of hydrogen-bond donors (Lipinski definition) is 1. The average molecular weight is 294 g/mol. The van der Waals surface area contributed by atoms with E-state index in [1.54, 1.807) is 0 Å². The van der Waals surface area contributed by atoms with Gasteiger partial charge in [-0.3, -0.25) is 4.98 Å². The van der Waals surface area contributed by atoms with Crippen LogP contribution in [-0.4, -0.2) is 28.3 Å². The molecule has 1 fully saturated rings. The van der Waals surface area contributed by atoms with Crippen LogP contribution in [0.15, 0.2) is 36.5 Å². The number of benzene rings is 1. The van der Waals surface area contributed by atoms with Crippen LogP contribution in [0.2, 0.25) is 0 Å². The van der Waals surface area contributed by atoms with Crippen molar-refractivity contribution < 1.29 is 9.31 Å². The lowest BCUT2D eigenvalue weighted by molar-refractivity contribution is 0.00578. The second-order valence-electron chi connectivity index (χ2n) is 6.88. The first-order valence-corrected chi connectivity index (χ1v) is 7.60. The van der Waals surface area contributed by atoms with Crippen LogP contribution in [0.1, 0.15) is 27.7 Å². The number of fused-ring (bicyclic) bond motifs is 3. The largest absolute Gasteiger partial charge is 0.516 e. The van der Waals surface area contributed by atoms with Gasteiger partial charge in [-0.15, -0.1) is 0 Å². The Hall–Kier alpha value is -1.85. The third kappa shape index (κ3) is 1.82. The number of para-hydroxylation sites is 1. The molecule has 0 amide bonds. The van der Waals surface area contributed by atoms with Crippen LogP contribution >= 0.6 is 0 Å². The van der Waals surface area contributed by atoms with Crippen molar-refractivity contribution in [2.24, 2.45) is 0 Å². The highest BCUT2D eigenvalue weighted by Crippen LogP contribution is 2.37. The quantitative estimate of drug-likeness (QED) is 0.702. The lowest BCUT2D eigenvalue weighted by Crippen LogP contribution is -2.41. The highest BCUT2D eigenvalue weighted by molar-refractivity contribution is 6.64. The summed E-state index contributed by atoms with van der Waals surface area (Å²) in [6.45, 7) is 8.22. The van der Waals surface area contributed by atoms with Crippen molar-refractivity contribution in [3.8, 4) is 0 Å². The molecule has 1 aliphatic heterocycles. The molecule has 0 unspecified atom stereocenters. The van der Waals surface area contributed by atoms with E-state index in [9.17, 15) is 0 Å². The van der Waals surface area contributed by atoms with Crippen LogP contribution in [-0.2, 0) is 9.31 Å². The summed E-state index contributed by atoms with van der Waals surface area (Å²) in [5.74, 6) is 0. The summed E-state index contributed by atoms with van der Waals surface area (Å²) in [6.07, 6.45) is 1.82. The van der Waals surface area contributed by atoms with E-state index in [2.05, 4.69) is 49.8 Å². The SMILES string of the molecule is CC1(C)OB(c2nccc3c2[nH]c2ccccc23)OC1(C)C. The zero-order chi connectivity index (χ0) is 15.5. The van der Waals surface area contributed by atoms with Gasteiger partial charge in [0, 0.05) is 22.5 Å². The molecular formula is C17H19BN2O2. The Labute approximate surface area is 130 Å². The summed E-state index contributed by atoms with van der Waals surface area (Å²) in [7, 11) is -0.457. The third-order valence-electron chi connectivity index (χ3n) is 4.93. The Balaban J connectivity index is 1.90. The maximum atomic E-state index is 6.15. The van der Waals surface area contributed by atoms with E-state index in [4.69, 9.17) is 9.31 Å². The van der Waals surface area contributed by atoms with E-state index < -0.39 is 7.12 Å². The molecule has 5 heteroatoms. The fourth-order valence-electron chi connectivity index (χ4n) is 2.93. The van der Waals surface area contributed by atoms with Gasteiger partial charge in [-0.05, 0) is 39.8 Å². The molecule has 3 aromatic rings. The van der Waals surface area contributed by atoms with Crippen LogP contribution < -0.4 is 5.59 Å². The molecule has 3 heterocycles. The summed E-state index contributed by atoms with van der Waals surface area (Å²) in [5, 5.41) is 2.34. The minimum atomic E-state index is -0.457. The van der Waals surface area contributed by atoms with E-state index in [-0.39, 0.29) is 11.2 Å². The van der Waals surface area contributed by atoms with Crippen molar-refractivity contribution in [3.63, 3.8) is 0 Å². The van der Waals surface area contributed by atoms with E-state index in [0.717, 1.165) is 22.0 Å². The lowest BCUT2D eigenvalue weighted by atomic mass is 9.83. The zero-order valence-corrected chi connectivity index (χ0v) is 13.3. The number of H-pyrrole nitrogens is 1. The molecule has 0 bridgehead atoms. The molecule has 0 saturated carbocycles. The standard InChI is InChI=1S/C17H19BN2O2/c1-16(2)17(3,4)22-18(21-16)15-14-12(9-10-19-15)11-7-5-6-8-13(11)20-14/h5-10,20H,1-4H3. The highest BCUT2D eigenvalue weighted by Gasteiger charge is 2.52. The smallest absolute Gasteiger partial charge is 0.398 e. The van der Waals surface area contributed by atoms with E-state index >= 15 is 0 Å². The van der Waals surface area contributed by atoms with Crippen molar-refractivity contribution >= 4 is 34.5 Å². The monoisotopic (exact) mass is 294 g/mol. The summed E-state index contributed by atoms with van der Waals surface area (Å²) in [5.41, 5.74) is 2.17. The van der Waals surface area contributed by atoms with E-state index in [0.29, 0.717) is 0 Å². The van der Waals surface area contributed by atoms with Gasteiger partial charge in [0.2, 0.25) is 0 Å². The molecular weight excluding hydrogens is 275 g/mol. The van der Waals surface area contributed by atoms with Crippen molar-refractivity contribution in [2.45, 2.75) is 38.9 Å². The van der Waals surface area contributed by atoms with Crippen LogP contribution in [0, 0.1) is 0 Å². The van der Waals surface area contributed by atoms with Crippen LogP contribution in [0.4, 0.5) is 0 Å². The van der Waals surface area contributed by atoms with Gasteiger partial charge in [0.05, 0.1) is 22.3 Å². The number of aromatic amines is 1. The normalized spacial score (nSPS) is 20.1. The maximum absolute atomic E-state index is 6.15. The Morgan fingerprint density at radius 3 is 2.36 bits per heavy atom. The molecule has 0 aliphatic carbocycles. The van der Waals surface area contributed by atoms with Gasteiger partial charge < -0.3 is 14.3 Å². The molecule has 4 rings (SSSR count). The number of aromatic nitrogens is 2. The minimum Gasteiger partial charge on any atom is -0.398 e.